The van der Waals surface area contributed by atoms with Crippen molar-refractivity contribution in [2.75, 3.05) is 30.7 Å². The summed E-state index contributed by atoms with van der Waals surface area (Å²) in [7, 11) is 0. The van der Waals surface area contributed by atoms with E-state index in [2.05, 4.69) is 22.8 Å². The molecule has 28 heavy (non-hydrogen) atoms. The number of nitrogens with one attached hydrogen (secondary N) is 2. The van der Waals surface area contributed by atoms with Crippen molar-refractivity contribution in [1.82, 2.24) is 10.2 Å². The van der Waals surface area contributed by atoms with Gasteiger partial charge in [-0.2, -0.15) is 11.8 Å². The van der Waals surface area contributed by atoms with E-state index in [1.165, 1.54) is 5.56 Å². The van der Waals surface area contributed by atoms with Crippen molar-refractivity contribution in [1.29, 1.82) is 0 Å². The van der Waals surface area contributed by atoms with Crippen LogP contribution < -0.4 is 10.6 Å². The van der Waals surface area contributed by atoms with Gasteiger partial charge in [0.2, 0.25) is 5.91 Å². The topological polar surface area (TPSA) is 61.4 Å². The molecule has 2 N–H and O–H groups in total. The van der Waals surface area contributed by atoms with Crippen LogP contribution in [0.15, 0.2) is 60.7 Å². The molecule has 0 aromatic heterocycles. The predicted molar refractivity (Wildman–Crippen MR) is 115 cm³/mol. The number of amides is 3. The number of hydrogen-bond acceptors (Lipinski definition) is 3. The first-order valence-electron chi connectivity index (χ1n) is 9.73. The van der Waals surface area contributed by atoms with E-state index in [9.17, 15) is 9.59 Å². The zero-order valence-electron chi connectivity index (χ0n) is 16.0. The molecule has 3 rings (SSSR count). The molecule has 1 aliphatic rings. The van der Waals surface area contributed by atoms with Crippen LogP contribution in [0.25, 0.3) is 0 Å². The Balaban J connectivity index is 1.37. The Morgan fingerprint density at radius 3 is 2.50 bits per heavy atom. The quantitative estimate of drug-likeness (QED) is 0.695. The number of piperidine rings is 1. The van der Waals surface area contributed by atoms with Gasteiger partial charge in [-0.1, -0.05) is 48.5 Å². The molecule has 1 fully saturated rings. The molecule has 1 heterocycles. The minimum atomic E-state index is -0.137. The molecule has 0 unspecified atom stereocenters. The van der Waals surface area contributed by atoms with Crippen LogP contribution >= 0.6 is 11.8 Å². The fourth-order valence-electron chi connectivity index (χ4n) is 3.25. The lowest BCUT2D eigenvalue weighted by Gasteiger charge is -2.32. The lowest BCUT2D eigenvalue weighted by atomic mass is 9.97. The van der Waals surface area contributed by atoms with E-state index in [0.29, 0.717) is 19.6 Å². The number of likely N-dealkylation sites (tertiary alicyclic amines) is 1. The minimum absolute atomic E-state index is 0.0533. The van der Waals surface area contributed by atoms with E-state index >= 15 is 0 Å². The summed E-state index contributed by atoms with van der Waals surface area (Å²) in [6, 6.07) is 19.6. The molecule has 0 radical (unpaired) electrons. The highest BCUT2D eigenvalue weighted by Crippen LogP contribution is 2.18. The standard InChI is InChI=1S/C22H27N3O2S/c26-21(23-13-15-28-17-18-8-3-1-4-9-18)19-10-7-14-25(16-19)22(27)24-20-11-5-2-6-12-20/h1-6,8-9,11-12,19H,7,10,13-17H2,(H,23,26)(H,24,27)/t19-/m1/s1. The van der Waals surface area contributed by atoms with Gasteiger partial charge in [-0.25, -0.2) is 4.79 Å². The Morgan fingerprint density at radius 2 is 1.75 bits per heavy atom. The van der Waals surface area contributed by atoms with Gasteiger partial charge < -0.3 is 15.5 Å². The lowest BCUT2D eigenvalue weighted by molar-refractivity contribution is -0.126. The van der Waals surface area contributed by atoms with Crippen LogP contribution in [-0.4, -0.2) is 42.2 Å². The van der Waals surface area contributed by atoms with Crippen molar-refractivity contribution < 1.29 is 9.59 Å². The summed E-state index contributed by atoms with van der Waals surface area (Å²) in [5.74, 6) is 1.76. The molecule has 0 saturated carbocycles. The molecule has 5 nitrogen and oxygen atoms in total. The maximum absolute atomic E-state index is 12.5. The van der Waals surface area contributed by atoms with E-state index in [1.54, 1.807) is 4.90 Å². The summed E-state index contributed by atoms with van der Waals surface area (Å²) in [4.78, 5) is 26.7. The van der Waals surface area contributed by atoms with Gasteiger partial charge >= 0.3 is 6.03 Å². The maximum Gasteiger partial charge on any atom is 0.321 e. The fourth-order valence-corrected chi connectivity index (χ4v) is 4.07. The van der Waals surface area contributed by atoms with Gasteiger partial charge in [-0.15, -0.1) is 0 Å². The summed E-state index contributed by atoms with van der Waals surface area (Å²) < 4.78 is 0. The fraction of sp³-hybridized carbons (Fsp3) is 0.364. The molecule has 2 aromatic carbocycles. The summed E-state index contributed by atoms with van der Waals surface area (Å²) >= 11 is 1.81. The maximum atomic E-state index is 12.5. The Kier molecular flexibility index (Phi) is 7.79. The van der Waals surface area contributed by atoms with Crippen molar-refractivity contribution in [3.63, 3.8) is 0 Å². The zero-order chi connectivity index (χ0) is 19.6. The van der Waals surface area contributed by atoms with Gasteiger partial charge in [-0.05, 0) is 30.5 Å². The second-order valence-electron chi connectivity index (χ2n) is 6.91. The first-order chi connectivity index (χ1) is 13.7. The van der Waals surface area contributed by atoms with Crippen LogP contribution in [0.5, 0.6) is 0 Å². The second kappa shape index (κ2) is 10.8. The monoisotopic (exact) mass is 397 g/mol. The number of thioether (sulfide) groups is 1. The van der Waals surface area contributed by atoms with Crippen LogP contribution in [0.1, 0.15) is 18.4 Å². The van der Waals surface area contributed by atoms with Crippen LogP contribution in [0, 0.1) is 5.92 Å². The van der Waals surface area contributed by atoms with Gasteiger partial charge in [0.1, 0.15) is 0 Å². The molecular formula is C22H27N3O2S. The van der Waals surface area contributed by atoms with Crippen molar-refractivity contribution in [2.45, 2.75) is 18.6 Å². The van der Waals surface area contributed by atoms with Crippen LogP contribution in [0.3, 0.4) is 0 Å². The average Bonchev–Trinajstić information content (AvgIpc) is 2.75. The van der Waals surface area contributed by atoms with Crippen LogP contribution in [-0.2, 0) is 10.5 Å². The molecule has 148 valence electrons. The van der Waals surface area contributed by atoms with E-state index in [0.717, 1.165) is 30.0 Å². The van der Waals surface area contributed by atoms with Gasteiger partial charge in [0.25, 0.3) is 0 Å². The molecular weight excluding hydrogens is 370 g/mol. The number of benzene rings is 2. The number of rotatable bonds is 7. The molecule has 3 amide bonds. The Morgan fingerprint density at radius 1 is 1.04 bits per heavy atom. The molecule has 1 saturated heterocycles. The largest absolute Gasteiger partial charge is 0.355 e. The average molecular weight is 398 g/mol. The second-order valence-corrected chi connectivity index (χ2v) is 8.02. The third-order valence-electron chi connectivity index (χ3n) is 4.76. The van der Waals surface area contributed by atoms with Gasteiger partial charge in [0, 0.05) is 36.8 Å². The van der Waals surface area contributed by atoms with Crippen molar-refractivity contribution >= 4 is 29.4 Å². The number of nitrogens with zero attached hydrogens (tertiary/aromatic N) is 1. The third kappa shape index (κ3) is 6.30. The smallest absolute Gasteiger partial charge is 0.321 e. The minimum Gasteiger partial charge on any atom is -0.355 e. The molecule has 0 bridgehead atoms. The SMILES string of the molecule is O=C(NCCSCc1ccccc1)[C@@H]1CCCN(C(=O)Nc2ccccc2)C1. The van der Waals surface area contributed by atoms with E-state index in [1.807, 2.05) is 60.3 Å². The third-order valence-corrected chi connectivity index (χ3v) is 5.79. The first kappa shape index (κ1) is 20.3. The summed E-state index contributed by atoms with van der Waals surface area (Å²) in [5.41, 5.74) is 2.07. The van der Waals surface area contributed by atoms with E-state index in [-0.39, 0.29) is 17.9 Å². The number of hydrogen-bond donors (Lipinski definition) is 2. The number of anilines is 1. The summed E-state index contributed by atoms with van der Waals surface area (Å²) in [6.45, 7) is 1.82. The number of carbonyl (C=O) groups is 2. The molecule has 6 heteroatoms. The normalized spacial score (nSPS) is 16.4. The highest BCUT2D eigenvalue weighted by atomic mass is 32.2. The van der Waals surface area contributed by atoms with Gasteiger partial charge in [-0.3, -0.25) is 4.79 Å². The molecule has 1 aliphatic heterocycles. The zero-order valence-corrected chi connectivity index (χ0v) is 16.8. The highest BCUT2D eigenvalue weighted by molar-refractivity contribution is 7.98. The van der Waals surface area contributed by atoms with Gasteiger partial charge in [0.05, 0.1) is 5.92 Å². The Labute approximate surface area is 170 Å². The lowest BCUT2D eigenvalue weighted by Crippen LogP contribution is -2.47. The Bertz CT molecular complexity index is 755. The van der Waals surface area contributed by atoms with Crippen LogP contribution in [0.4, 0.5) is 10.5 Å². The molecule has 1 atom stereocenters. The number of para-hydroxylation sites is 1. The molecule has 2 aromatic rings. The highest BCUT2D eigenvalue weighted by Gasteiger charge is 2.28. The van der Waals surface area contributed by atoms with Crippen LogP contribution in [0.2, 0.25) is 0 Å². The van der Waals surface area contributed by atoms with Crippen molar-refractivity contribution in [3.8, 4) is 0 Å². The summed E-state index contributed by atoms with van der Waals surface area (Å²) in [5, 5.41) is 5.93. The van der Waals surface area contributed by atoms with Gasteiger partial charge in [0.15, 0.2) is 0 Å². The number of carbonyl (C=O) groups excluding carboxylic acids is 2. The van der Waals surface area contributed by atoms with E-state index in [4.69, 9.17) is 0 Å². The molecule has 0 spiro atoms. The van der Waals surface area contributed by atoms with Crippen molar-refractivity contribution in [3.05, 3.63) is 66.2 Å². The van der Waals surface area contributed by atoms with Crippen molar-refractivity contribution in [2.24, 2.45) is 5.92 Å². The first-order valence-corrected chi connectivity index (χ1v) is 10.9. The van der Waals surface area contributed by atoms with E-state index < -0.39 is 0 Å². The number of urea groups is 1. The summed E-state index contributed by atoms with van der Waals surface area (Å²) in [6.07, 6.45) is 1.68. The predicted octanol–water partition coefficient (Wildman–Crippen LogP) is 3.98. The Hall–Kier alpha value is -2.47. The molecule has 0 aliphatic carbocycles.